The predicted molar refractivity (Wildman–Crippen MR) is 78.7 cm³/mol. The molecule has 0 amide bonds. The third kappa shape index (κ3) is 3.07. The molecule has 0 N–H and O–H groups in total. The van der Waals surface area contributed by atoms with Gasteiger partial charge in [0.25, 0.3) is 0 Å². The lowest BCUT2D eigenvalue weighted by molar-refractivity contribution is 0.111. The van der Waals surface area contributed by atoms with Gasteiger partial charge in [-0.2, -0.15) is 0 Å². The van der Waals surface area contributed by atoms with E-state index in [2.05, 4.69) is 50.3 Å². The summed E-state index contributed by atoms with van der Waals surface area (Å²) in [6.45, 7) is 4.25. The van der Waals surface area contributed by atoms with Gasteiger partial charge in [0.15, 0.2) is 0 Å². The number of rotatable bonds is 3. The summed E-state index contributed by atoms with van der Waals surface area (Å²) >= 11 is 0. The van der Waals surface area contributed by atoms with Crippen LogP contribution in [0.1, 0.15) is 20.3 Å². The molecule has 2 aliphatic carbocycles. The van der Waals surface area contributed by atoms with Gasteiger partial charge >= 0.3 is 0 Å². The third-order valence-corrected chi connectivity index (χ3v) is 3.70. The van der Waals surface area contributed by atoms with Crippen LogP contribution >= 0.6 is 0 Å². The molecule has 2 nitrogen and oxygen atoms in total. The van der Waals surface area contributed by atoms with Crippen LogP contribution in [0.4, 0.5) is 0 Å². The number of allylic oxidation sites excluding steroid dienone is 7. The van der Waals surface area contributed by atoms with Crippen LogP contribution in [0.3, 0.4) is 0 Å². The molecule has 2 heteroatoms. The summed E-state index contributed by atoms with van der Waals surface area (Å²) in [7, 11) is 3.48. The Morgan fingerprint density at radius 1 is 1.16 bits per heavy atom. The average Bonchev–Trinajstić information content (AvgIpc) is 2.61. The molecule has 102 valence electrons. The molecule has 0 aliphatic heterocycles. The van der Waals surface area contributed by atoms with Crippen molar-refractivity contribution in [1.82, 2.24) is 0 Å². The first-order valence-electron chi connectivity index (χ1n) is 6.72. The summed E-state index contributed by atoms with van der Waals surface area (Å²) in [6.07, 6.45) is 14.2. The Morgan fingerprint density at radius 3 is 2.63 bits per heavy atom. The molecule has 0 radical (unpaired) electrons. The van der Waals surface area contributed by atoms with Gasteiger partial charge in [-0.3, -0.25) is 0 Å². The highest BCUT2D eigenvalue weighted by Gasteiger charge is 2.18. The zero-order valence-electron chi connectivity index (χ0n) is 12.1. The van der Waals surface area contributed by atoms with Gasteiger partial charge in [0.2, 0.25) is 0 Å². The van der Waals surface area contributed by atoms with E-state index in [0.717, 1.165) is 12.2 Å². The van der Waals surface area contributed by atoms with Gasteiger partial charge in [-0.1, -0.05) is 31.2 Å². The molecule has 2 rings (SSSR count). The lowest BCUT2D eigenvalue weighted by Gasteiger charge is -2.22. The van der Waals surface area contributed by atoms with E-state index in [1.807, 2.05) is 0 Å². The molecule has 0 aromatic rings. The maximum Gasteiger partial charge on any atom is 0.122 e. The number of ether oxygens (including phenoxy) is 2. The van der Waals surface area contributed by atoms with Crippen molar-refractivity contribution in [3.05, 3.63) is 58.9 Å². The fourth-order valence-corrected chi connectivity index (χ4v) is 2.42. The molecule has 2 unspecified atom stereocenters. The largest absolute Gasteiger partial charge is 0.496 e. The molecule has 0 saturated heterocycles. The Labute approximate surface area is 115 Å². The van der Waals surface area contributed by atoms with Crippen LogP contribution in [0, 0.1) is 5.92 Å². The smallest absolute Gasteiger partial charge is 0.122 e. The maximum absolute atomic E-state index is 5.51. The molecule has 0 spiro atoms. The second-order valence-electron chi connectivity index (χ2n) is 5.04. The second-order valence-corrected chi connectivity index (χ2v) is 5.04. The van der Waals surface area contributed by atoms with Gasteiger partial charge in [-0.05, 0) is 42.2 Å². The normalized spacial score (nSPS) is 26.9. The molecule has 0 bridgehead atoms. The molecule has 0 heterocycles. The highest BCUT2D eigenvalue weighted by molar-refractivity contribution is 5.52. The van der Waals surface area contributed by atoms with Gasteiger partial charge in [0.05, 0.1) is 13.2 Å². The molecular weight excluding hydrogens is 236 g/mol. The zero-order valence-corrected chi connectivity index (χ0v) is 12.1. The minimum Gasteiger partial charge on any atom is -0.496 e. The van der Waals surface area contributed by atoms with Gasteiger partial charge in [0, 0.05) is 13.0 Å². The lowest BCUT2D eigenvalue weighted by Crippen LogP contribution is -2.19. The van der Waals surface area contributed by atoms with Gasteiger partial charge < -0.3 is 9.47 Å². The molecule has 0 saturated carbocycles. The summed E-state index contributed by atoms with van der Waals surface area (Å²) in [4.78, 5) is 0. The Hall–Kier alpha value is -1.54. The minimum atomic E-state index is 0.151. The Bertz CT molecular complexity index is 489. The van der Waals surface area contributed by atoms with E-state index in [1.54, 1.807) is 14.2 Å². The first-order valence-corrected chi connectivity index (χ1v) is 6.72. The van der Waals surface area contributed by atoms with Crippen molar-refractivity contribution in [2.75, 3.05) is 14.2 Å². The Balaban J connectivity index is 2.30. The molecule has 0 fully saturated rings. The van der Waals surface area contributed by atoms with Crippen molar-refractivity contribution in [3.63, 3.8) is 0 Å². The van der Waals surface area contributed by atoms with E-state index in [4.69, 9.17) is 9.47 Å². The highest BCUT2D eigenvalue weighted by Crippen LogP contribution is 2.28. The van der Waals surface area contributed by atoms with Crippen LogP contribution in [0.25, 0.3) is 0 Å². The second kappa shape index (κ2) is 6.07. The third-order valence-electron chi connectivity index (χ3n) is 3.70. The molecule has 2 atom stereocenters. The van der Waals surface area contributed by atoms with Crippen molar-refractivity contribution in [3.8, 4) is 0 Å². The van der Waals surface area contributed by atoms with E-state index in [1.165, 1.54) is 16.7 Å². The fraction of sp³-hybridized carbons (Fsp3) is 0.412. The van der Waals surface area contributed by atoms with Crippen molar-refractivity contribution in [2.24, 2.45) is 5.92 Å². The van der Waals surface area contributed by atoms with E-state index < -0.39 is 0 Å². The van der Waals surface area contributed by atoms with Crippen LogP contribution in [-0.2, 0) is 9.47 Å². The Kier molecular flexibility index (Phi) is 4.43. The minimum absolute atomic E-state index is 0.151. The number of hydrogen-bond acceptors (Lipinski definition) is 2. The zero-order chi connectivity index (χ0) is 13.8. The molecule has 0 aromatic carbocycles. The van der Waals surface area contributed by atoms with Crippen molar-refractivity contribution < 1.29 is 9.47 Å². The van der Waals surface area contributed by atoms with E-state index >= 15 is 0 Å². The van der Waals surface area contributed by atoms with E-state index in [-0.39, 0.29) is 6.10 Å². The van der Waals surface area contributed by atoms with E-state index in [9.17, 15) is 0 Å². The van der Waals surface area contributed by atoms with Crippen molar-refractivity contribution in [2.45, 2.75) is 26.4 Å². The predicted octanol–water partition coefficient (Wildman–Crippen LogP) is 3.94. The first kappa shape index (κ1) is 13.9. The van der Waals surface area contributed by atoms with Gasteiger partial charge in [-0.25, -0.2) is 0 Å². The molecule has 0 aromatic heterocycles. The van der Waals surface area contributed by atoms with Crippen molar-refractivity contribution >= 4 is 0 Å². The van der Waals surface area contributed by atoms with Crippen LogP contribution in [0.2, 0.25) is 0 Å². The number of hydrogen-bond donors (Lipinski definition) is 0. The van der Waals surface area contributed by atoms with Crippen LogP contribution in [0.15, 0.2) is 58.9 Å². The van der Waals surface area contributed by atoms with Crippen molar-refractivity contribution in [1.29, 1.82) is 0 Å². The SMILES string of the molecule is COC1=CC(C2=CC(OC)C(C)C=C2)=CCC=C1C. The lowest BCUT2D eigenvalue weighted by atomic mass is 9.91. The first-order chi connectivity index (χ1) is 9.15. The quantitative estimate of drug-likeness (QED) is 0.763. The topological polar surface area (TPSA) is 18.5 Å². The summed E-state index contributed by atoms with van der Waals surface area (Å²) in [5.41, 5.74) is 3.60. The summed E-state index contributed by atoms with van der Waals surface area (Å²) in [5.74, 6) is 1.36. The molecular formula is C17H22O2. The average molecular weight is 258 g/mol. The van der Waals surface area contributed by atoms with Gasteiger partial charge in [-0.15, -0.1) is 0 Å². The van der Waals surface area contributed by atoms with E-state index in [0.29, 0.717) is 5.92 Å². The summed E-state index contributed by atoms with van der Waals surface area (Å²) in [6, 6.07) is 0. The standard InChI is InChI=1S/C17H22O2/c1-12-6-5-7-14(10-16(12)18-3)15-9-8-13(2)17(11-15)19-4/h6-11,13,17H,5H2,1-4H3. The molecule has 2 aliphatic rings. The number of methoxy groups -OCH3 is 2. The Morgan fingerprint density at radius 2 is 1.95 bits per heavy atom. The van der Waals surface area contributed by atoms with Gasteiger partial charge in [0.1, 0.15) is 5.76 Å². The summed E-state index contributed by atoms with van der Waals surface area (Å²) in [5, 5.41) is 0. The molecule has 19 heavy (non-hydrogen) atoms. The highest BCUT2D eigenvalue weighted by atomic mass is 16.5. The monoisotopic (exact) mass is 258 g/mol. The van der Waals surface area contributed by atoms with Crippen LogP contribution < -0.4 is 0 Å². The fourth-order valence-electron chi connectivity index (χ4n) is 2.42. The van der Waals surface area contributed by atoms with Crippen LogP contribution in [0.5, 0.6) is 0 Å². The maximum atomic E-state index is 5.51. The summed E-state index contributed by atoms with van der Waals surface area (Å²) < 4.78 is 11.0. The van der Waals surface area contributed by atoms with Crippen LogP contribution in [-0.4, -0.2) is 20.3 Å².